The number of hydrogen-bond donors (Lipinski definition) is 1. The summed E-state index contributed by atoms with van der Waals surface area (Å²) in [5.41, 5.74) is 2.23. The molecular formula is C18H25NO2. The number of nitrogens with zero attached hydrogens (tertiary/aromatic N) is 1. The maximum absolute atomic E-state index is 11.7. The molecule has 0 aromatic heterocycles. The lowest BCUT2D eigenvalue weighted by atomic mass is 9.80. The molecule has 1 fully saturated rings. The Kier molecular flexibility index (Phi) is 4.03. The first-order chi connectivity index (χ1) is 10.1. The maximum atomic E-state index is 11.7. The monoisotopic (exact) mass is 287 g/mol. The minimum absolute atomic E-state index is 0.492. The second-order valence-corrected chi connectivity index (χ2v) is 6.77. The molecule has 0 amide bonds. The van der Waals surface area contributed by atoms with Crippen LogP contribution in [0.25, 0.3) is 0 Å². The van der Waals surface area contributed by atoms with Gasteiger partial charge in [-0.15, -0.1) is 0 Å². The molecule has 3 nitrogen and oxygen atoms in total. The van der Waals surface area contributed by atoms with Gasteiger partial charge in [-0.25, -0.2) is 0 Å². The number of fused-ring (bicyclic) bond motifs is 1. The average Bonchev–Trinajstić information content (AvgIpc) is 2.50. The van der Waals surface area contributed by atoms with E-state index >= 15 is 0 Å². The predicted octanol–water partition coefficient (Wildman–Crippen LogP) is 3.44. The lowest BCUT2D eigenvalue weighted by Gasteiger charge is -2.44. The van der Waals surface area contributed by atoms with Gasteiger partial charge in [-0.05, 0) is 69.0 Å². The lowest BCUT2D eigenvalue weighted by molar-refractivity contribution is -0.153. The smallest absolute Gasteiger partial charge is 0.323 e. The van der Waals surface area contributed by atoms with Crippen LogP contribution in [0.5, 0.6) is 0 Å². The van der Waals surface area contributed by atoms with Crippen LogP contribution < -0.4 is 0 Å². The van der Waals surface area contributed by atoms with Crippen molar-refractivity contribution >= 4 is 5.97 Å². The highest BCUT2D eigenvalue weighted by molar-refractivity contribution is 5.78. The zero-order valence-corrected chi connectivity index (χ0v) is 12.8. The van der Waals surface area contributed by atoms with Gasteiger partial charge in [0, 0.05) is 6.54 Å². The first kappa shape index (κ1) is 14.6. The van der Waals surface area contributed by atoms with Crippen LogP contribution >= 0.6 is 0 Å². The Morgan fingerprint density at radius 3 is 2.95 bits per heavy atom. The molecule has 1 N–H and O–H groups in total. The summed E-state index contributed by atoms with van der Waals surface area (Å²) in [6.45, 7) is 3.71. The first-order valence-corrected chi connectivity index (χ1v) is 8.17. The third-order valence-corrected chi connectivity index (χ3v) is 5.43. The van der Waals surface area contributed by atoms with E-state index in [9.17, 15) is 9.90 Å². The van der Waals surface area contributed by atoms with Crippen LogP contribution in [0, 0.1) is 0 Å². The molecule has 0 spiro atoms. The van der Waals surface area contributed by atoms with Gasteiger partial charge in [0.05, 0.1) is 0 Å². The molecule has 1 aromatic rings. The van der Waals surface area contributed by atoms with E-state index in [1.807, 2.05) is 6.92 Å². The van der Waals surface area contributed by atoms with E-state index in [4.69, 9.17) is 0 Å². The number of aryl methyl sites for hydroxylation is 1. The number of carbonyl (C=O) groups is 1. The second kappa shape index (κ2) is 5.80. The molecule has 2 atom stereocenters. The zero-order chi connectivity index (χ0) is 14.9. The highest BCUT2D eigenvalue weighted by Crippen LogP contribution is 2.36. The molecule has 2 unspecified atom stereocenters. The Hall–Kier alpha value is -1.35. The molecule has 21 heavy (non-hydrogen) atoms. The second-order valence-electron chi connectivity index (χ2n) is 6.77. The number of rotatable bonds is 3. The summed E-state index contributed by atoms with van der Waals surface area (Å²) in [5.74, 6) is -0.169. The van der Waals surface area contributed by atoms with E-state index in [1.54, 1.807) is 0 Å². The maximum Gasteiger partial charge on any atom is 0.323 e. The van der Waals surface area contributed by atoms with Crippen molar-refractivity contribution in [2.45, 2.75) is 56.9 Å². The molecule has 2 aliphatic rings. The average molecular weight is 287 g/mol. The molecule has 0 bridgehead atoms. The molecule has 0 saturated carbocycles. The number of piperidine rings is 1. The fraction of sp³-hybridized carbons (Fsp3) is 0.611. The minimum atomic E-state index is -0.676. The fourth-order valence-electron chi connectivity index (χ4n) is 4.02. The number of benzene rings is 1. The van der Waals surface area contributed by atoms with E-state index in [1.165, 1.54) is 30.4 Å². The molecule has 0 radical (unpaired) electrons. The van der Waals surface area contributed by atoms with E-state index in [2.05, 4.69) is 29.2 Å². The van der Waals surface area contributed by atoms with Crippen molar-refractivity contribution in [2.24, 2.45) is 0 Å². The molecule has 1 aliphatic heterocycles. The van der Waals surface area contributed by atoms with Crippen LogP contribution in [0.3, 0.4) is 0 Å². The number of carboxylic acids is 1. The van der Waals surface area contributed by atoms with Gasteiger partial charge in [-0.2, -0.15) is 0 Å². The zero-order valence-electron chi connectivity index (χ0n) is 12.8. The summed E-state index contributed by atoms with van der Waals surface area (Å²) < 4.78 is 0. The summed E-state index contributed by atoms with van der Waals surface area (Å²) in [6.07, 6.45) is 6.50. The van der Waals surface area contributed by atoms with E-state index in [-0.39, 0.29) is 0 Å². The van der Waals surface area contributed by atoms with Gasteiger partial charge in [-0.3, -0.25) is 9.69 Å². The predicted molar refractivity (Wildman–Crippen MR) is 83.6 cm³/mol. The number of hydrogen-bond acceptors (Lipinski definition) is 2. The number of aliphatic carboxylic acids is 1. The highest BCUT2D eigenvalue weighted by atomic mass is 16.4. The quantitative estimate of drug-likeness (QED) is 0.926. The molecule has 3 heteroatoms. The van der Waals surface area contributed by atoms with E-state index in [0.29, 0.717) is 5.92 Å². The molecule has 114 valence electrons. The van der Waals surface area contributed by atoms with Crippen LogP contribution in [0.4, 0.5) is 0 Å². The summed E-state index contributed by atoms with van der Waals surface area (Å²) in [7, 11) is 0. The summed E-state index contributed by atoms with van der Waals surface area (Å²) >= 11 is 0. The molecule has 1 heterocycles. The van der Waals surface area contributed by atoms with Crippen molar-refractivity contribution in [3.8, 4) is 0 Å². The van der Waals surface area contributed by atoms with Gasteiger partial charge in [0.15, 0.2) is 0 Å². The van der Waals surface area contributed by atoms with Crippen LogP contribution in [0.2, 0.25) is 0 Å². The van der Waals surface area contributed by atoms with Crippen molar-refractivity contribution in [2.75, 3.05) is 13.1 Å². The molecule has 3 rings (SSSR count). The van der Waals surface area contributed by atoms with Crippen LogP contribution in [0.1, 0.15) is 56.1 Å². The number of likely N-dealkylation sites (tertiary alicyclic amines) is 1. The fourth-order valence-corrected chi connectivity index (χ4v) is 4.02. The topological polar surface area (TPSA) is 40.5 Å². The highest BCUT2D eigenvalue weighted by Gasteiger charge is 2.42. The van der Waals surface area contributed by atoms with Crippen LogP contribution in [0.15, 0.2) is 24.3 Å². The van der Waals surface area contributed by atoms with Crippen molar-refractivity contribution < 1.29 is 9.90 Å². The molecule has 1 aromatic carbocycles. The summed E-state index contributed by atoms with van der Waals surface area (Å²) in [4.78, 5) is 14.0. The molecular weight excluding hydrogens is 262 g/mol. The van der Waals surface area contributed by atoms with Crippen LogP contribution in [-0.4, -0.2) is 34.6 Å². The standard InChI is InChI=1S/C18H25NO2/c1-18(17(20)21)11-4-5-12-19(18)13-15-9-6-8-14-7-2-3-10-16(14)15/h2-3,7,10,15H,4-6,8-9,11-13H2,1H3,(H,20,21). The van der Waals surface area contributed by atoms with Crippen molar-refractivity contribution in [1.29, 1.82) is 0 Å². The van der Waals surface area contributed by atoms with Crippen molar-refractivity contribution in [3.63, 3.8) is 0 Å². The van der Waals surface area contributed by atoms with Gasteiger partial charge < -0.3 is 5.11 Å². The van der Waals surface area contributed by atoms with E-state index in [0.717, 1.165) is 32.4 Å². The van der Waals surface area contributed by atoms with Gasteiger partial charge >= 0.3 is 5.97 Å². The first-order valence-electron chi connectivity index (χ1n) is 8.17. The van der Waals surface area contributed by atoms with Gasteiger partial charge in [0.25, 0.3) is 0 Å². The largest absolute Gasteiger partial charge is 0.480 e. The molecule has 1 aliphatic carbocycles. The third kappa shape index (κ3) is 2.71. The Balaban J connectivity index is 1.81. The molecule has 1 saturated heterocycles. The van der Waals surface area contributed by atoms with Gasteiger partial charge in [0.1, 0.15) is 5.54 Å². The van der Waals surface area contributed by atoms with Gasteiger partial charge in [-0.1, -0.05) is 24.3 Å². The Bertz CT molecular complexity index is 528. The third-order valence-electron chi connectivity index (χ3n) is 5.43. The number of carboxylic acid groups (broad SMARTS) is 1. The Morgan fingerprint density at radius 2 is 2.14 bits per heavy atom. The normalized spacial score (nSPS) is 29.9. The Morgan fingerprint density at radius 1 is 1.33 bits per heavy atom. The minimum Gasteiger partial charge on any atom is -0.480 e. The SMILES string of the molecule is CC1(C(=O)O)CCCCN1CC1CCCc2ccccc21. The lowest BCUT2D eigenvalue weighted by Crippen LogP contribution is -2.56. The van der Waals surface area contributed by atoms with E-state index < -0.39 is 11.5 Å². The van der Waals surface area contributed by atoms with Crippen molar-refractivity contribution in [1.82, 2.24) is 4.90 Å². The van der Waals surface area contributed by atoms with Gasteiger partial charge in [0.2, 0.25) is 0 Å². The van der Waals surface area contributed by atoms with Crippen molar-refractivity contribution in [3.05, 3.63) is 35.4 Å². The van der Waals surface area contributed by atoms with Crippen LogP contribution in [-0.2, 0) is 11.2 Å². The summed E-state index contributed by atoms with van der Waals surface area (Å²) in [5, 5.41) is 9.65. The Labute approximate surface area is 127 Å². The summed E-state index contributed by atoms with van der Waals surface area (Å²) in [6, 6.07) is 8.70.